The lowest BCUT2D eigenvalue weighted by Gasteiger charge is -2.41. The third-order valence-electron chi connectivity index (χ3n) is 13.0. The van der Waals surface area contributed by atoms with Crippen LogP contribution < -0.4 is 10.7 Å². The van der Waals surface area contributed by atoms with E-state index in [1.165, 1.54) is 20.9 Å². The van der Waals surface area contributed by atoms with Crippen LogP contribution in [0.2, 0.25) is 0 Å². The van der Waals surface area contributed by atoms with Crippen molar-refractivity contribution in [3.05, 3.63) is 90.3 Å². The van der Waals surface area contributed by atoms with Gasteiger partial charge in [-0.15, -0.1) is 0 Å². The molecule has 1 unspecified atom stereocenters. The second-order valence-corrected chi connectivity index (χ2v) is 18.6. The number of carbonyl (C=O) groups is 5. The first-order valence-electron chi connectivity index (χ1n) is 22.5. The first kappa shape index (κ1) is 46.1. The van der Waals surface area contributed by atoms with Gasteiger partial charge < -0.3 is 29.2 Å². The van der Waals surface area contributed by atoms with Crippen molar-refractivity contribution in [3.8, 4) is 22.4 Å². The summed E-state index contributed by atoms with van der Waals surface area (Å²) in [5, 5.41) is 5.55. The Morgan fingerprint density at radius 2 is 1.83 bits per heavy atom. The molecule has 2 aromatic carbocycles. The number of aryl methyl sites for hydroxylation is 1. The molecule has 4 amide bonds. The average Bonchev–Trinajstić information content (AvgIpc) is 3.57. The Kier molecular flexibility index (Phi) is 13.8. The number of aromatic nitrogens is 2. The molecule has 4 aromatic rings. The number of likely N-dealkylation sites (N-methyl/N-ethyl adjacent to an activating group) is 1. The van der Waals surface area contributed by atoms with Crippen molar-refractivity contribution in [1.29, 1.82) is 0 Å². The van der Waals surface area contributed by atoms with Gasteiger partial charge in [0.25, 0.3) is 5.91 Å². The summed E-state index contributed by atoms with van der Waals surface area (Å²) in [6.45, 7) is 17.3. The quantitative estimate of drug-likeness (QED) is 0.147. The fourth-order valence-electron chi connectivity index (χ4n) is 9.54. The van der Waals surface area contributed by atoms with Gasteiger partial charge in [-0.3, -0.25) is 34.0 Å². The van der Waals surface area contributed by atoms with E-state index in [2.05, 4.69) is 79.1 Å². The van der Waals surface area contributed by atoms with Gasteiger partial charge in [0.05, 0.1) is 30.0 Å². The Morgan fingerprint density at radius 3 is 2.53 bits per heavy atom. The minimum atomic E-state index is -1.05. The van der Waals surface area contributed by atoms with Gasteiger partial charge in [-0.2, -0.15) is 0 Å². The summed E-state index contributed by atoms with van der Waals surface area (Å²) in [6.07, 6.45) is 4.52. The molecule has 2 saturated heterocycles. The zero-order valence-corrected chi connectivity index (χ0v) is 38.5. The van der Waals surface area contributed by atoms with Crippen LogP contribution in [0.25, 0.3) is 33.3 Å². The monoisotopic (exact) mass is 873 g/mol. The van der Waals surface area contributed by atoms with Gasteiger partial charge in [0.1, 0.15) is 18.1 Å². The molecular formula is C50H63N7O7. The van der Waals surface area contributed by atoms with Crippen molar-refractivity contribution >= 4 is 40.5 Å². The fourth-order valence-corrected chi connectivity index (χ4v) is 9.54. The molecule has 340 valence electrons. The number of benzene rings is 2. The van der Waals surface area contributed by atoms with Crippen molar-refractivity contribution in [3.63, 3.8) is 0 Å². The summed E-state index contributed by atoms with van der Waals surface area (Å²) >= 11 is 0. The van der Waals surface area contributed by atoms with Crippen LogP contribution in [0.1, 0.15) is 77.3 Å². The number of nitrogens with one attached hydrogen (secondary N) is 2. The third-order valence-corrected chi connectivity index (χ3v) is 13.0. The number of hydrogen-bond donors (Lipinski definition) is 2. The SMILES string of the molecule is C=CC(=O)N1CC(C(=O)N(C)[C@H](C(=O)NC2Cc3cccc(c3)-c3ccc4c(c3)c(c(-c3cccnc3[C@H](C)OC)n4CC)CC(C)(C)COC(=O)[C@@H]3CCCN(N3)C2=O)C(C)C)C1. The maximum atomic E-state index is 14.6. The normalized spacial score (nSPS) is 20.2. The smallest absolute Gasteiger partial charge is 0.324 e. The van der Waals surface area contributed by atoms with Crippen LogP contribution >= 0.6 is 0 Å². The molecule has 4 atom stereocenters. The molecule has 2 aromatic heterocycles. The van der Waals surface area contributed by atoms with Crippen molar-refractivity contribution in [2.45, 2.75) is 98.0 Å². The highest BCUT2D eigenvalue weighted by Crippen LogP contribution is 2.42. The van der Waals surface area contributed by atoms with Crippen LogP contribution in [-0.4, -0.2) is 112 Å². The van der Waals surface area contributed by atoms with Crippen molar-refractivity contribution in [1.82, 2.24) is 35.1 Å². The number of esters is 1. The van der Waals surface area contributed by atoms with Gasteiger partial charge >= 0.3 is 5.97 Å². The van der Waals surface area contributed by atoms with Crippen LogP contribution in [0.5, 0.6) is 0 Å². The highest BCUT2D eigenvalue weighted by atomic mass is 16.5. The van der Waals surface area contributed by atoms with Gasteiger partial charge in [-0.05, 0) is 91.6 Å². The number of ether oxygens (including phenoxy) is 2. The second kappa shape index (κ2) is 19.1. The topological polar surface area (TPSA) is 155 Å². The van der Waals surface area contributed by atoms with Crippen LogP contribution in [-0.2, 0) is 52.8 Å². The Hall–Kier alpha value is -5.86. The number of amides is 4. The van der Waals surface area contributed by atoms with Crippen molar-refractivity contribution in [2.24, 2.45) is 17.3 Å². The van der Waals surface area contributed by atoms with Gasteiger partial charge in [0.15, 0.2) is 0 Å². The maximum Gasteiger partial charge on any atom is 0.324 e. The van der Waals surface area contributed by atoms with E-state index in [4.69, 9.17) is 14.5 Å². The summed E-state index contributed by atoms with van der Waals surface area (Å²) in [5.41, 5.74) is 10.5. The number of hydrogen-bond acceptors (Lipinski definition) is 9. The van der Waals surface area contributed by atoms with E-state index >= 15 is 0 Å². The average molecular weight is 874 g/mol. The first-order chi connectivity index (χ1) is 30.5. The maximum absolute atomic E-state index is 14.6. The predicted molar refractivity (Wildman–Crippen MR) is 245 cm³/mol. The summed E-state index contributed by atoms with van der Waals surface area (Å²) in [7, 11) is 3.28. The minimum Gasteiger partial charge on any atom is -0.464 e. The Labute approximate surface area is 376 Å². The molecule has 5 heterocycles. The summed E-state index contributed by atoms with van der Waals surface area (Å²) in [6, 6.07) is 15.8. The zero-order valence-electron chi connectivity index (χ0n) is 38.5. The molecule has 2 fully saturated rings. The van der Waals surface area contributed by atoms with Gasteiger partial charge in [0, 0.05) is 74.8 Å². The second-order valence-electron chi connectivity index (χ2n) is 18.6. The highest BCUT2D eigenvalue weighted by molar-refractivity contribution is 5.96. The molecule has 7 rings (SSSR count). The Bertz CT molecular complexity index is 2440. The molecule has 0 spiro atoms. The summed E-state index contributed by atoms with van der Waals surface area (Å²) in [4.78, 5) is 76.5. The third kappa shape index (κ3) is 9.35. The lowest BCUT2D eigenvalue weighted by atomic mass is 9.84. The molecule has 0 aliphatic carbocycles. The summed E-state index contributed by atoms with van der Waals surface area (Å²) in [5.74, 6) is -2.56. The standard InChI is InChI=1S/C50H63N7O7/c1-10-42(58)55-27-35(28-55)47(60)54(8)44(30(3)4)46(59)52-40-24-32-15-12-16-33(23-32)34-19-20-41-37(25-34)38(45(56(41)11-2)36-17-13-21-51-43(36)31(5)63-9)26-50(6,7)29-64-49(62)39-18-14-22-57(53-39)48(40)61/h10,12-13,15-17,19-21,23,25,30-31,35,39-40,44,53H,1,11,14,18,22,24,26-29H2,2-9H3,(H,52,59)/t31-,39-,40?,44-/m0/s1. The van der Waals surface area contributed by atoms with E-state index in [-0.39, 0.29) is 50.0 Å². The van der Waals surface area contributed by atoms with E-state index in [0.29, 0.717) is 32.4 Å². The molecule has 2 N–H and O–H groups in total. The molecule has 14 nitrogen and oxygen atoms in total. The lowest BCUT2D eigenvalue weighted by Crippen LogP contribution is -2.63. The number of nitrogens with zero attached hydrogens (tertiary/aromatic N) is 5. The highest BCUT2D eigenvalue weighted by Gasteiger charge is 2.42. The molecule has 0 radical (unpaired) electrons. The number of cyclic esters (lactones) is 1. The minimum absolute atomic E-state index is 0.136. The molecule has 3 aliphatic heterocycles. The van der Waals surface area contributed by atoms with Gasteiger partial charge in [-0.1, -0.05) is 64.6 Å². The van der Waals surface area contributed by atoms with Crippen LogP contribution in [0, 0.1) is 17.3 Å². The van der Waals surface area contributed by atoms with Gasteiger partial charge in [0.2, 0.25) is 17.7 Å². The van der Waals surface area contributed by atoms with E-state index in [1.807, 2.05) is 39.0 Å². The number of rotatable bonds is 10. The fraction of sp³-hybridized carbons (Fsp3) is 0.480. The van der Waals surface area contributed by atoms with Gasteiger partial charge in [-0.25, -0.2) is 5.43 Å². The Morgan fingerprint density at radius 1 is 1.08 bits per heavy atom. The number of fused-ring (bicyclic) bond motifs is 6. The molecule has 0 saturated carbocycles. The van der Waals surface area contributed by atoms with E-state index in [0.717, 1.165) is 50.1 Å². The lowest BCUT2D eigenvalue weighted by molar-refractivity contribution is -0.155. The summed E-state index contributed by atoms with van der Waals surface area (Å²) < 4.78 is 14.3. The zero-order chi connectivity index (χ0) is 46.0. The Balaban J connectivity index is 1.29. The van der Waals surface area contributed by atoms with Crippen molar-refractivity contribution in [2.75, 3.05) is 40.4 Å². The van der Waals surface area contributed by atoms with E-state index in [9.17, 15) is 24.0 Å². The van der Waals surface area contributed by atoms with E-state index in [1.54, 1.807) is 20.4 Å². The number of methoxy groups -OCH3 is 1. The largest absolute Gasteiger partial charge is 0.464 e. The number of pyridine rings is 1. The number of carbonyl (C=O) groups excluding carboxylic acids is 5. The van der Waals surface area contributed by atoms with Crippen LogP contribution in [0.3, 0.4) is 0 Å². The molecule has 6 bridgehead atoms. The van der Waals surface area contributed by atoms with E-state index < -0.39 is 47.2 Å². The molecule has 14 heteroatoms. The molecule has 64 heavy (non-hydrogen) atoms. The van der Waals surface area contributed by atoms with Crippen LogP contribution in [0.15, 0.2) is 73.4 Å². The number of hydrazine groups is 1. The number of likely N-dealkylation sites (tertiary alicyclic amines) is 1. The molecule has 3 aliphatic rings. The first-order valence-corrected chi connectivity index (χ1v) is 22.5. The van der Waals surface area contributed by atoms with Crippen molar-refractivity contribution < 1.29 is 33.4 Å². The van der Waals surface area contributed by atoms with Crippen LogP contribution in [0.4, 0.5) is 0 Å². The molecular weight excluding hydrogens is 811 g/mol. The predicted octanol–water partition coefficient (Wildman–Crippen LogP) is 5.87.